The van der Waals surface area contributed by atoms with Crippen LogP contribution in [0.2, 0.25) is 5.15 Å². The van der Waals surface area contributed by atoms with Crippen molar-refractivity contribution >= 4 is 17.9 Å². The number of aldehydes is 1. The number of rotatable bonds is 1. The molecule has 9 heavy (non-hydrogen) atoms. The zero-order valence-corrected chi connectivity index (χ0v) is 5.17. The molecule has 1 aromatic heterocycles. The van der Waals surface area contributed by atoms with Crippen molar-refractivity contribution in [2.45, 2.75) is 0 Å². The number of aromatic nitrogens is 2. The van der Waals surface area contributed by atoms with E-state index in [1.807, 2.05) is 0 Å². The van der Waals surface area contributed by atoms with Crippen LogP contribution in [0, 0.1) is 0 Å². The van der Waals surface area contributed by atoms with Gasteiger partial charge in [0.15, 0.2) is 6.29 Å². The Balaban J connectivity index is 3.01. The van der Waals surface area contributed by atoms with Gasteiger partial charge in [0.25, 0.3) is 0 Å². The summed E-state index contributed by atoms with van der Waals surface area (Å²) in [5, 5.41) is 0.292. The summed E-state index contributed by atoms with van der Waals surface area (Å²) in [6.45, 7) is 0. The normalized spacial score (nSPS) is 9.00. The minimum Gasteiger partial charge on any atom is -0.296 e. The smallest absolute Gasteiger partial charge is 0.170 e. The summed E-state index contributed by atoms with van der Waals surface area (Å²) in [4.78, 5) is 17.2. The Morgan fingerprint density at radius 2 is 2.22 bits per heavy atom. The summed E-state index contributed by atoms with van der Waals surface area (Å²) in [5.41, 5.74) is 0.291. The minimum atomic E-state index is 0.291. The first kappa shape index (κ1) is 6.16. The maximum Gasteiger partial charge on any atom is 0.170 e. The molecule has 1 heterocycles. The molecule has 0 aliphatic carbocycles. The van der Waals surface area contributed by atoms with Gasteiger partial charge in [-0.05, 0) is 0 Å². The second kappa shape index (κ2) is 2.55. The lowest BCUT2D eigenvalue weighted by atomic mass is 10.5. The molecule has 1 rings (SSSR count). The van der Waals surface area contributed by atoms with E-state index in [0.29, 0.717) is 17.1 Å². The molecule has 0 saturated carbocycles. The largest absolute Gasteiger partial charge is 0.296 e. The molecule has 0 unspecified atom stereocenters. The molecule has 0 spiro atoms. The molecule has 0 N–H and O–H groups in total. The Kier molecular flexibility index (Phi) is 1.75. The number of carbonyl (C=O) groups excluding carboxylic acids is 1. The molecule has 0 aliphatic rings. The van der Waals surface area contributed by atoms with Crippen molar-refractivity contribution in [2.24, 2.45) is 0 Å². The number of halogens is 1. The summed E-state index contributed by atoms with van der Waals surface area (Å²) in [5.74, 6) is 0. The average molecular weight is 143 g/mol. The molecule has 0 atom stereocenters. The molecule has 46 valence electrons. The van der Waals surface area contributed by atoms with Crippen LogP contribution in [0.15, 0.2) is 12.4 Å². The Morgan fingerprint density at radius 1 is 1.44 bits per heavy atom. The van der Waals surface area contributed by atoms with E-state index in [2.05, 4.69) is 9.97 Å². The first-order valence-electron chi connectivity index (χ1n) is 2.25. The van der Waals surface area contributed by atoms with E-state index in [9.17, 15) is 4.79 Å². The molecular weight excluding hydrogens is 140 g/mol. The van der Waals surface area contributed by atoms with Crippen molar-refractivity contribution in [1.82, 2.24) is 9.97 Å². The third-order valence-corrected chi connectivity index (χ3v) is 0.956. The van der Waals surface area contributed by atoms with Crippen molar-refractivity contribution in [2.75, 3.05) is 0 Å². The van der Waals surface area contributed by atoms with E-state index in [4.69, 9.17) is 11.6 Å². The Bertz CT molecular complexity index is 209. The van der Waals surface area contributed by atoms with Gasteiger partial charge < -0.3 is 0 Å². The lowest BCUT2D eigenvalue weighted by Gasteiger charge is -1.86. The Morgan fingerprint density at radius 3 is 2.67 bits per heavy atom. The molecule has 0 aromatic carbocycles. The van der Waals surface area contributed by atoms with Crippen LogP contribution in [-0.2, 0) is 0 Å². The first-order valence-corrected chi connectivity index (χ1v) is 2.63. The summed E-state index contributed by atoms with van der Waals surface area (Å²) in [6, 6.07) is 0. The van der Waals surface area contributed by atoms with Crippen LogP contribution in [0.1, 0.15) is 10.5 Å². The van der Waals surface area contributed by atoms with E-state index in [1.165, 1.54) is 12.4 Å². The van der Waals surface area contributed by atoms with E-state index in [0.717, 1.165) is 0 Å². The highest BCUT2D eigenvalue weighted by Gasteiger charge is 1.89. The van der Waals surface area contributed by atoms with Crippen LogP contribution >= 0.6 is 11.6 Å². The molecule has 0 saturated heterocycles. The lowest BCUT2D eigenvalue weighted by Crippen LogP contribution is -1.86. The molecule has 4 heteroatoms. The highest BCUT2D eigenvalue weighted by Crippen LogP contribution is 1.98. The van der Waals surface area contributed by atoms with Gasteiger partial charge >= 0.3 is 0 Å². The van der Waals surface area contributed by atoms with Gasteiger partial charge in [-0.1, -0.05) is 11.6 Å². The fourth-order valence-corrected chi connectivity index (χ4v) is 0.481. The third-order valence-electron chi connectivity index (χ3n) is 0.761. The summed E-state index contributed by atoms with van der Waals surface area (Å²) in [6.07, 6.45) is 3.25. The van der Waals surface area contributed by atoms with Crippen LogP contribution in [-0.4, -0.2) is 16.3 Å². The van der Waals surface area contributed by atoms with Crippen molar-refractivity contribution in [3.63, 3.8) is 0 Å². The van der Waals surface area contributed by atoms with Gasteiger partial charge in [0, 0.05) is 0 Å². The molecule has 0 bridgehead atoms. The highest BCUT2D eigenvalue weighted by molar-refractivity contribution is 6.29. The second-order valence-electron chi connectivity index (χ2n) is 1.38. The van der Waals surface area contributed by atoms with E-state index >= 15 is 0 Å². The van der Waals surface area contributed by atoms with E-state index < -0.39 is 0 Å². The number of nitrogens with zero attached hydrogens (tertiary/aromatic N) is 2. The maximum atomic E-state index is 9.97. The van der Waals surface area contributed by atoms with Crippen molar-refractivity contribution < 1.29 is 4.79 Å². The number of hydrogen-bond donors (Lipinski definition) is 0. The number of carbonyl (C=O) groups is 1. The second-order valence-corrected chi connectivity index (χ2v) is 1.77. The van der Waals surface area contributed by atoms with Gasteiger partial charge in [0.1, 0.15) is 10.8 Å². The van der Waals surface area contributed by atoms with E-state index in [-0.39, 0.29) is 0 Å². The van der Waals surface area contributed by atoms with Crippen LogP contribution in [0.4, 0.5) is 0 Å². The number of hydrogen-bond acceptors (Lipinski definition) is 3. The Hall–Kier alpha value is -0.960. The van der Waals surface area contributed by atoms with Gasteiger partial charge in [-0.3, -0.25) is 4.79 Å². The molecule has 0 amide bonds. The van der Waals surface area contributed by atoms with Crippen molar-refractivity contribution in [3.8, 4) is 0 Å². The van der Waals surface area contributed by atoms with Gasteiger partial charge in [-0.25, -0.2) is 9.97 Å². The zero-order valence-electron chi connectivity index (χ0n) is 4.41. The molecule has 3 nitrogen and oxygen atoms in total. The maximum absolute atomic E-state index is 9.97. The van der Waals surface area contributed by atoms with Crippen LogP contribution in [0.5, 0.6) is 0 Å². The fourth-order valence-electron chi connectivity index (χ4n) is 0.383. The standard InChI is InChI=1S/C5H3ClN2O/c6-5-2-7-4(3-9)1-8-5/h1-3H. The average Bonchev–Trinajstić information content (AvgIpc) is 1.90. The molecule has 0 aliphatic heterocycles. The van der Waals surface area contributed by atoms with Gasteiger partial charge in [-0.2, -0.15) is 0 Å². The molecule has 0 radical (unpaired) electrons. The summed E-state index contributed by atoms with van der Waals surface area (Å²) in [7, 11) is 0. The molecule has 0 fully saturated rings. The topological polar surface area (TPSA) is 42.9 Å². The first-order chi connectivity index (χ1) is 4.33. The SMILES string of the molecule is O=Cc1cnc(Cl)cn1. The van der Waals surface area contributed by atoms with Gasteiger partial charge in [0.2, 0.25) is 0 Å². The summed E-state index contributed by atoms with van der Waals surface area (Å²) < 4.78 is 0. The Labute approximate surface area is 56.7 Å². The van der Waals surface area contributed by atoms with Crippen LogP contribution < -0.4 is 0 Å². The van der Waals surface area contributed by atoms with Crippen molar-refractivity contribution in [1.29, 1.82) is 0 Å². The predicted molar refractivity (Wildman–Crippen MR) is 32.4 cm³/mol. The third kappa shape index (κ3) is 1.47. The van der Waals surface area contributed by atoms with Crippen LogP contribution in [0.25, 0.3) is 0 Å². The lowest BCUT2D eigenvalue weighted by molar-refractivity contribution is 0.111. The minimum absolute atomic E-state index is 0.291. The quantitative estimate of drug-likeness (QED) is 0.548. The van der Waals surface area contributed by atoms with Crippen molar-refractivity contribution in [3.05, 3.63) is 23.2 Å². The van der Waals surface area contributed by atoms with Gasteiger partial charge in [-0.15, -0.1) is 0 Å². The summed E-state index contributed by atoms with van der Waals surface area (Å²) >= 11 is 5.38. The highest BCUT2D eigenvalue weighted by atomic mass is 35.5. The fraction of sp³-hybridized carbons (Fsp3) is 0. The van der Waals surface area contributed by atoms with Crippen LogP contribution in [0.3, 0.4) is 0 Å². The van der Waals surface area contributed by atoms with Gasteiger partial charge in [0.05, 0.1) is 12.4 Å². The zero-order chi connectivity index (χ0) is 6.69. The molecule has 1 aromatic rings. The predicted octanol–water partition coefficient (Wildman–Crippen LogP) is 0.942. The monoisotopic (exact) mass is 142 g/mol. The molecular formula is C5H3ClN2O. The van der Waals surface area contributed by atoms with E-state index in [1.54, 1.807) is 0 Å².